The molecular weight excluding hydrogens is 580 g/mol. The van der Waals surface area contributed by atoms with E-state index in [1.54, 1.807) is 4.57 Å². The fourth-order valence-corrected chi connectivity index (χ4v) is 6.39. The monoisotopic (exact) mass is 620 g/mol. The third-order valence-corrected chi connectivity index (χ3v) is 8.83. The summed E-state index contributed by atoms with van der Waals surface area (Å²) in [6.07, 6.45) is 6.46. The fraction of sp³-hybridized carbons (Fsp3) is 0.351. The Balaban J connectivity index is 1.35. The third-order valence-electron chi connectivity index (χ3n) is 8.83. The molecule has 0 radical (unpaired) electrons. The van der Waals surface area contributed by atoms with E-state index in [4.69, 9.17) is 14.2 Å². The largest absolute Gasteiger partial charge is 0.490 e. The molecule has 1 fully saturated rings. The Hall–Kier alpha value is -4.76. The lowest BCUT2D eigenvalue weighted by Gasteiger charge is -2.28. The van der Waals surface area contributed by atoms with Crippen LogP contribution in [0, 0.1) is 5.92 Å². The first kappa shape index (κ1) is 31.2. The van der Waals surface area contributed by atoms with Crippen LogP contribution in [0.5, 0.6) is 5.75 Å². The molecule has 2 heterocycles. The van der Waals surface area contributed by atoms with Crippen LogP contribution in [0.1, 0.15) is 68.6 Å². The number of hydrogen-bond acceptors (Lipinski definition) is 7. The van der Waals surface area contributed by atoms with E-state index < -0.39 is 5.76 Å². The summed E-state index contributed by atoms with van der Waals surface area (Å²) in [5, 5.41) is 13.4. The zero-order chi connectivity index (χ0) is 32.0. The molecule has 0 atom stereocenters. The minimum atomic E-state index is -0.627. The number of ether oxygens (including phenoxy) is 1. The second-order valence-electron chi connectivity index (χ2n) is 12.0. The number of aromatic amines is 1. The first-order valence-corrected chi connectivity index (χ1v) is 16.2. The van der Waals surface area contributed by atoms with Gasteiger partial charge in [-0.15, -0.1) is 0 Å². The average Bonchev–Trinajstić information content (AvgIpc) is 3.53. The van der Waals surface area contributed by atoms with Gasteiger partial charge in [-0.25, -0.2) is 9.78 Å². The minimum absolute atomic E-state index is 0.0881. The second-order valence-corrected chi connectivity index (χ2v) is 12.0. The Bertz CT molecular complexity index is 1880. The van der Waals surface area contributed by atoms with Crippen molar-refractivity contribution in [3.8, 4) is 34.0 Å². The fourth-order valence-electron chi connectivity index (χ4n) is 6.39. The number of benzene rings is 3. The van der Waals surface area contributed by atoms with Gasteiger partial charge in [-0.05, 0) is 85.0 Å². The molecule has 0 unspecified atom stereocenters. The van der Waals surface area contributed by atoms with Crippen LogP contribution in [0.2, 0.25) is 0 Å². The Morgan fingerprint density at radius 3 is 2.37 bits per heavy atom. The van der Waals surface area contributed by atoms with E-state index in [0.717, 1.165) is 65.9 Å². The van der Waals surface area contributed by atoms with Crippen molar-refractivity contribution in [1.82, 2.24) is 19.7 Å². The molecule has 46 heavy (non-hydrogen) atoms. The minimum Gasteiger partial charge on any atom is -0.490 e. The zero-order valence-electron chi connectivity index (χ0n) is 26.4. The molecule has 0 amide bonds. The number of hydrogen-bond donors (Lipinski definition) is 2. The standard InChI is InChI=1S/C37H40N4O5/c1-3-8-33-32(22-25-13-20-30(26-9-6-5-7-10-26)31(21-25)35-39-37(44)46-40-35)36(43)41(34(4-2)38-33)27-14-18-29(19-15-27)45-28-16-11-24(23-42)12-17-28/h5-7,9-10,13-15,18-21,24,28,42H,3-4,8,11-12,16-17,22-23H2,1-2H3,(H,39,40,44). The maximum Gasteiger partial charge on any atom is 0.439 e. The van der Waals surface area contributed by atoms with E-state index in [1.165, 1.54) is 0 Å². The van der Waals surface area contributed by atoms with Crippen LogP contribution in [-0.4, -0.2) is 37.5 Å². The normalized spacial score (nSPS) is 16.4. The van der Waals surface area contributed by atoms with Gasteiger partial charge in [0.25, 0.3) is 5.56 Å². The van der Waals surface area contributed by atoms with Crippen molar-refractivity contribution < 1.29 is 14.4 Å². The first-order valence-electron chi connectivity index (χ1n) is 16.2. The van der Waals surface area contributed by atoms with Gasteiger partial charge in [0, 0.05) is 30.6 Å². The number of aliphatic hydroxyl groups excluding tert-OH is 1. The summed E-state index contributed by atoms with van der Waals surface area (Å²) < 4.78 is 12.8. The Kier molecular flexibility index (Phi) is 9.59. The van der Waals surface area contributed by atoms with E-state index in [2.05, 4.69) is 17.1 Å². The lowest BCUT2D eigenvalue weighted by Crippen LogP contribution is -2.29. The highest BCUT2D eigenvalue weighted by Gasteiger charge is 2.23. The maximum absolute atomic E-state index is 14.4. The summed E-state index contributed by atoms with van der Waals surface area (Å²) >= 11 is 0. The van der Waals surface area contributed by atoms with Gasteiger partial charge in [0.1, 0.15) is 11.6 Å². The van der Waals surface area contributed by atoms with Crippen LogP contribution in [0.25, 0.3) is 28.2 Å². The van der Waals surface area contributed by atoms with Crippen LogP contribution >= 0.6 is 0 Å². The third kappa shape index (κ3) is 6.74. The van der Waals surface area contributed by atoms with Gasteiger partial charge in [0.15, 0.2) is 5.82 Å². The number of nitrogens with zero attached hydrogens (tertiary/aromatic N) is 3. The number of nitrogens with one attached hydrogen (secondary N) is 1. The highest BCUT2D eigenvalue weighted by molar-refractivity contribution is 5.81. The summed E-state index contributed by atoms with van der Waals surface area (Å²) in [7, 11) is 0. The second kappa shape index (κ2) is 14.1. The van der Waals surface area contributed by atoms with Crippen LogP contribution < -0.4 is 16.1 Å². The molecule has 2 N–H and O–H groups in total. The van der Waals surface area contributed by atoms with Gasteiger partial charge in [-0.1, -0.05) is 67.9 Å². The van der Waals surface area contributed by atoms with Crippen LogP contribution in [0.15, 0.2) is 86.9 Å². The van der Waals surface area contributed by atoms with Crippen molar-refractivity contribution in [2.45, 2.75) is 71.3 Å². The Labute approximate surface area is 267 Å². The smallest absolute Gasteiger partial charge is 0.439 e. The number of aryl methyl sites for hydroxylation is 2. The number of H-pyrrole nitrogens is 1. The van der Waals surface area contributed by atoms with Crippen molar-refractivity contribution in [3.63, 3.8) is 0 Å². The molecule has 9 nitrogen and oxygen atoms in total. The molecule has 1 aliphatic carbocycles. The van der Waals surface area contributed by atoms with Crippen LogP contribution in [-0.2, 0) is 19.3 Å². The maximum atomic E-state index is 14.4. The molecule has 0 aliphatic heterocycles. The van der Waals surface area contributed by atoms with E-state index in [9.17, 15) is 14.7 Å². The van der Waals surface area contributed by atoms with Crippen molar-refractivity contribution in [1.29, 1.82) is 0 Å². The lowest BCUT2D eigenvalue weighted by atomic mass is 9.88. The van der Waals surface area contributed by atoms with E-state index >= 15 is 0 Å². The topological polar surface area (TPSA) is 123 Å². The molecule has 238 valence electrons. The van der Waals surface area contributed by atoms with Crippen molar-refractivity contribution >= 4 is 0 Å². The quantitative estimate of drug-likeness (QED) is 0.178. The van der Waals surface area contributed by atoms with Crippen LogP contribution in [0.4, 0.5) is 0 Å². The summed E-state index contributed by atoms with van der Waals surface area (Å²) in [6.45, 7) is 4.35. The summed E-state index contributed by atoms with van der Waals surface area (Å²) in [4.78, 5) is 33.9. The van der Waals surface area contributed by atoms with Crippen molar-refractivity contribution in [2.24, 2.45) is 5.92 Å². The van der Waals surface area contributed by atoms with Gasteiger partial charge in [0.2, 0.25) is 0 Å². The molecule has 0 saturated heterocycles. The van der Waals surface area contributed by atoms with Crippen LogP contribution in [0.3, 0.4) is 0 Å². The molecule has 9 heteroatoms. The van der Waals surface area contributed by atoms with Crippen molar-refractivity contribution in [2.75, 3.05) is 6.61 Å². The highest BCUT2D eigenvalue weighted by Crippen LogP contribution is 2.32. The summed E-state index contributed by atoms with van der Waals surface area (Å²) in [5.74, 6) is 1.57. The van der Waals surface area contributed by atoms with Gasteiger partial charge < -0.3 is 9.84 Å². The predicted molar refractivity (Wildman–Crippen MR) is 177 cm³/mol. The predicted octanol–water partition coefficient (Wildman–Crippen LogP) is 6.28. The Morgan fingerprint density at radius 1 is 0.957 bits per heavy atom. The van der Waals surface area contributed by atoms with Gasteiger partial charge in [-0.2, -0.15) is 0 Å². The molecule has 3 aromatic carbocycles. The molecule has 0 spiro atoms. The van der Waals surface area contributed by atoms with Gasteiger partial charge in [0.05, 0.1) is 17.5 Å². The number of aromatic nitrogens is 4. The number of aliphatic hydroxyl groups is 1. The Morgan fingerprint density at radius 2 is 1.72 bits per heavy atom. The zero-order valence-corrected chi connectivity index (χ0v) is 26.4. The lowest BCUT2D eigenvalue weighted by molar-refractivity contribution is 0.104. The molecule has 1 aliphatic rings. The number of rotatable bonds is 11. The summed E-state index contributed by atoms with van der Waals surface area (Å²) in [5.41, 5.74) is 5.58. The molecular formula is C37H40N4O5. The molecule has 1 saturated carbocycles. The molecule has 2 aromatic heterocycles. The summed E-state index contributed by atoms with van der Waals surface area (Å²) in [6, 6.07) is 23.5. The molecule has 0 bridgehead atoms. The first-order chi connectivity index (χ1) is 22.5. The highest BCUT2D eigenvalue weighted by atomic mass is 16.5. The molecule has 5 aromatic rings. The van der Waals surface area contributed by atoms with E-state index in [0.29, 0.717) is 48.0 Å². The van der Waals surface area contributed by atoms with Gasteiger partial charge >= 0.3 is 5.76 Å². The SMILES string of the molecule is CCCc1nc(CC)n(-c2ccc(OC3CCC(CO)CC3)cc2)c(=O)c1Cc1ccc(-c2ccccc2)c(-c2noc(=O)[nH]2)c1. The molecule has 6 rings (SSSR count). The van der Waals surface area contributed by atoms with E-state index in [1.807, 2.05) is 79.7 Å². The van der Waals surface area contributed by atoms with Crippen molar-refractivity contribution in [3.05, 3.63) is 116 Å². The van der Waals surface area contributed by atoms with Gasteiger partial charge in [-0.3, -0.25) is 18.9 Å². The van der Waals surface area contributed by atoms with E-state index in [-0.39, 0.29) is 18.3 Å². The average molecular weight is 621 g/mol.